The van der Waals surface area contributed by atoms with E-state index >= 15 is 0 Å². The van der Waals surface area contributed by atoms with E-state index in [1.165, 1.54) is 0 Å². The quantitative estimate of drug-likeness (QED) is 0.470. The van der Waals surface area contributed by atoms with Gasteiger partial charge in [0.15, 0.2) is 5.82 Å². The molecular weight excluding hydrogens is 391 g/mol. The van der Waals surface area contributed by atoms with Crippen LogP contribution in [0.15, 0.2) is 65.7 Å². The molecule has 4 aromatic rings. The van der Waals surface area contributed by atoms with Crippen molar-refractivity contribution in [3.8, 4) is 11.4 Å². The zero-order valence-electron chi connectivity index (χ0n) is 17.1. The molecule has 3 atom stereocenters. The molecule has 31 heavy (non-hydrogen) atoms. The van der Waals surface area contributed by atoms with Gasteiger partial charge in [0.1, 0.15) is 11.6 Å². The monoisotopic (exact) mass is 412 g/mol. The molecule has 0 aliphatic heterocycles. The average Bonchev–Trinajstić information content (AvgIpc) is 3.28. The highest BCUT2D eigenvalue weighted by atomic mass is 19.1. The maximum atomic E-state index is 13.9. The molecule has 6 heteroatoms. The molecule has 6 rings (SSSR count). The fourth-order valence-corrected chi connectivity index (χ4v) is 5.70. The summed E-state index contributed by atoms with van der Waals surface area (Å²) in [6, 6.07) is 10.8. The number of nitrogens with zero attached hydrogens (tertiary/aromatic N) is 4. The van der Waals surface area contributed by atoms with Gasteiger partial charge in [-0.1, -0.05) is 24.2 Å². The summed E-state index contributed by atoms with van der Waals surface area (Å²) in [4.78, 5) is 14.0. The number of hydrogen-bond acceptors (Lipinski definition) is 5. The minimum atomic E-state index is -0.390. The zero-order chi connectivity index (χ0) is 21.0. The van der Waals surface area contributed by atoms with E-state index in [2.05, 4.69) is 22.0 Å². The van der Waals surface area contributed by atoms with Gasteiger partial charge in [-0.25, -0.2) is 14.4 Å². The van der Waals surface area contributed by atoms with E-state index in [-0.39, 0.29) is 23.1 Å². The minimum absolute atomic E-state index is 0.182. The molecular formula is C25H21FN4O. The van der Waals surface area contributed by atoms with Crippen LogP contribution in [0.3, 0.4) is 0 Å². The Bertz CT molecular complexity index is 1250. The van der Waals surface area contributed by atoms with Gasteiger partial charge in [0.05, 0.1) is 11.9 Å². The number of rotatable bonds is 2. The van der Waals surface area contributed by atoms with Crippen LogP contribution in [0.5, 0.6) is 0 Å². The third-order valence-corrected chi connectivity index (χ3v) is 7.09. The van der Waals surface area contributed by atoms with Gasteiger partial charge in [-0.05, 0) is 60.6 Å². The van der Waals surface area contributed by atoms with Gasteiger partial charge in [0, 0.05) is 41.1 Å². The second-order valence-electron chi connectivity index (χ2n) is 8.61. The summed E-state index contributed by atoms with van der Waals surface area (Å²) >= 11 is 0. The first-order valence-corrected chi connectivity index (χ1v) is 10.6. The number of aryl methyl sites for hydroxylation is 1. The van der Waals surface area contributed by atoms with Gasteiger partial charge < -0.3 is 4.52 Å². The second-order valence-corrected chi connectivity index (χ2v) is 8.61. The Balaban J connectivity index is 1.62. The van der Waals surface area contributed by atoms with E-state index in [0.29, 0.717) is 5.82 Å². The van der Waals surface area contributed by atoms with Gasteiger partial charge in [-0.3, -0.25) is 4.98 Å². The number of pyridine rings is 1. The maximum Gasteiger partial charge on any atom is 0.160 e. The Kier molecular flexibility index (Phi) is 4.03. The predicted octanol–water partition coefficient (Wildman–Crippen LogP) is 4.87. The number of aromatic nitrogens is 4. The Labute approximate surface area is 179 Å². The summed E-state index contributed by atoms with van der Waals surface area (Å²) in [5.74, 6) is 1.84. The van der Waals surface area contributed by atoms with Crippen LogP contribution in [0.4, 0.5) is 4.39 Å². The SMILES string of the molecule is C[C@@H]1c2oncc2C[C@]2(c3ccc(F)cc3)c3nc(-c4cccnc4)ncc3CC[C@@H]12. The summed E-state index contributed by atoms with van der Waals surface area (Å²) in [5, 5.41) is 4.10. The number of benzene rings is 1. The Morgan fingerprint density at radius 3 is 2.74 bits per heavy atom. The standard InChI is InChI=1S/C25H21FN4O/c1-15-21-9-4-16-13-28-24(17-3-2-10-27-12-17)30-23(16)25(21,11-18-14-29-31-22(15)18)19-5-7-20(26)8-6-19/h2-3,5-8,10,12-15,21H,4,9,11H2,1H3/t15-,21-,25+/m0/s1. The van der Waals surface area contributed by atoms with E-state index in [1.54, 1.807) is 24.5 Å². The molecule has 0 radical (unpaired) electrons. The van der Waals surface area contributed by atoms with Gasteiger partial charge in [-0.15, -0.1) is 0 Å². The molecule has 0 saturated heterocycles. The largest absolute Gasteiger partial charge is 0.361 e. The van der Waals surface area contributed by atoms with E-state index in [0.717, 1.165) is 53.0 Å². The van der Waals surface area contributed by atoms with Crippen LogP contribution in [0.2, 0.25) is 0 Å². The van der Waals surface area contributed by atoms with Gasteiger partial charge in [-0.2, -0.15) is 0 Å². The summed E-state index contributed by atoms with van der Waals surface area (Å²) in [7, 11) is 0. The summed E-state index contributed by atoms with van der Waals surface area (Å²) < 4.78 is 19.5. The van der Waals surface area contributed by atoms with Crippen molar-refractivity contribution in [3.05, 3.63) is 95.1 Å². The number of hydrogen-bond donors (Lipinski definition) is 0. The maximum absolute atomic E-state index is 13.9. The van der Waals surface area contributed by atoms with Crippen LogP contribution < -0.4 is 0 Å². The molecule has 2 aliphatic carbocycles. The van der Waals surface area contributed by atoms with Gasteiger partial charge in [0.25, 0.3) is 0 Å². The van der Waals surface area contributed by atoms with Crippen molar-refractivity contribution in [3.63, 3.8) is 0 Å². The first-order chi connectivity index (χ1) is 15.2. The van der Waals surface area contributed by atoms with Crippen LogP contribution in [0, 0.1) is 11.7 Å². The molecule has 3 heterocycles. The third-order valence-electron chi connectivity index (χ3n) is 7.09. The molecule has 0 bridgehead atoms. The molecule has 0 saturated carbocycles. The molecule has 154 valence electrons. The summed E-state index contributed by atoms with van der Waals surface area (Å²) in [6.45, 7) is 2.21. The van der Waals surface area contributed by atoms with Crippen molar-refractivity contribution in [1.82, 2.24) is 20.1 Å². The van der Waals surface area contributed by atoms with Crippen molar-refractivity contribution in [2.45, 2.75) is 37.5 Å². The van der Waals surface area contributed by atoms with Gasteiger partial charge in [0.2, 0.25) is 0 Å². The molecule has 5 nitrogen and oxygen atoms in total. The van der Waals surface area contributed by atoms with Crippen molar-refractivity contribution in [1.29, 1.82) is 0 Å². The highest BCUT2D eigenvalue weighted by Gasteiger charge is 2.53. The minimum Gasteiger partial charge on any atom is -0.361 e. The lowest BCUT2D eigenvalue weighted by Gasteiger charge is -2.49. The molecule has 0 N–H and O–H groups in total. The van der Waals surface area contributed by atoms with Crippen molar-refractivity contribution < 1.29 is 8.91 Å². The third kappa shape index (κ3) is 2.67. The second kappa shape index (κ2) is 6.80. The van der Waals surface area contributed by atoms with E-state index < -0.39 is 0 Å². The summed E-state index contributed by atoms with van der Waals surface area (Å²) in [5.41, 5.74) is 4.86. The predicted molar refractivity (Wildman–Crippen MR) is 113 cm³/mol. The lowest BCUT2D eigenvalue weighted by atomic mass is 9.53. The topological polar surface area (TPSA) is 64.7 Å². The van der Waals surface area contributed by atoms with Crippen molar-refractivity contribution in [2.75, 3.05) is 0 Å². The van der Waals surface area contributed by atoms with E-state index in [1.807, 2.05) is 36.7 Å². The lowest BCUT2D eigenvalue weighted by Crippen LogP contribution is -2.48. The Hall–Kier alpha value is -3.41. The Morgan fingerprint density at radius 2 is 1.94 bits per heavy atom. The van der Waals surface area contributed by atoms with Gasteiger partial charge >= 0.3 is 0 Å². The molecule has 0 amide bonds. The van der Waals surface area contributed by atoms with Crippen LogP contribution in [-0.2, 0) is 18.3 Å². The molecule has 0 fully saturated rings. The Morgan fingerprint density at radius 1 is 1.06 bits per heavy atom. The first kappa shape index (κ1) is 18.4. The van der Waals surface area contributed by atoms with E-state index in [9.17, 15) is 4.39 Å². The number of fused-ring (bicyclic) bond motifs is 4. The molecule has 0 spiro atoms. The molecule has 1 aromatic carbocycles. The average molecular weight is 412 g/mol. The van der Waals surface area contributed by atoms with Crippen LogP contribution in [-0.4, -0.2) is 20.1 Å². The normalized spacial score (nSPS) is 24.2. The van der Waals surface area contributed by atoms with Crippen LogP contribution in [0.25, 0.3) is 11.4 Å². The molecule has 2 aliphatic rings. The van der Waals surface area contributed by atoms with Crippen LogP contribution in [0.1, 0.15) is 47.4 Å². The van der Waals surface area contributed by atoms with E-state index in [4.69, 9.17) is 9.51 Å². The highest BCUT2D eigenvalue weighted by molar-refractivity contribution is 5.56. The van der Waals surface area contributed by atoms with Crippen LogP contribution >= 0.6 is 0 Å². The van der Waals surface area contributed by atoms with Crippen molar-refractivity contribution >= 4 is 0 Å². The van der Waals surface area contributed by atoms with Crippen molar-refractivity contribution in [2.24, 2.45) is 5.92 Å². The lowest BCUT2D eigenvalue weighted by molar-refractivity contribution is 0.188. The highest BCUT2D eigenvalue weighted by Crippen LogP contribution is 2.56. The zero-order valence-corrected chi connectivity index (χ0v) is 17.1. The fourth-order valence-electron chi connectivity index (χ4n) is 5.70. The molecule has 0 unspecified atom stereocenters. The first-order valence-electron chi connectivity index (χ1n) is 10.6. The number of halogens is 1. The fraction of sp³-hybridized carbons (Fsp3) is 0.280. The smallest absolute Gasteiger partial charge is 0.160 e. The molecule has 3 aromatic heterocycles. The summed E-state index contributed by atoms with van der Waals surface area (Å²) in [6.07, 6.45) is 9.93.